The van der Waals surface area contributed by atoms with Crippen molar-refractivity contribution in [2.75, 3.05) is 18.5 Å². The molecule has 0 aliphatic heterocycles. The lowest BCUT2D eigenvalue weighted by Gasteiger charge is -2.23. The number of halogens is 1. The van der Waals surface area contributed by atoms with Gasteiger partial charge in [0.25, 0.3) is 0 Å². The first-order valence-corrected chi connectivity index (χ1v) is 5.95. The minimum Gasteiger partial charge on any atom is -0.409 e. The molecule has 1 aromatic carbocycles. The first-order valence-electron chi connectivity index (χ1n) is 5.95. The highest BCUT2D eigenvalue weighted by molar-refractivity contribution is 6.02. The van der Waals surface area contributed by atoms with E-state index in [1.807, 2.05) is 11.9 Å². The third kappa shape index (κ3) is 3.35. The van der Waals surface area contributed by atoms with Gasteiger partial charge in [0, 0.05) is 13.6 Å². The summed E-state index contributed by atoms with van der Waals surface area (Å²) >= 11 is 0. The third-order valence-electron chi connectivity index (χ3n) is 2.81. The van der Waals surface area contributed by atoms with Crippen molar-refractivity contribution < 1.29 is 9.60 Å². The van der Waals surface area contributed by atoms with Gasteiger partial charge in [-0.15, -0.1) is 0 Å². The minimum atomic E-state index is -0.487. The van der Waals surface area contributed by atoms with Crippen molar-refractivity contribution in [2.24, 2.45) is 16.8 Å². The summed E-state index contributed by atoms with van der Waals surface area (Å²) in [5, 5.41) is 11.6. The molecular weight excluding hydrogens is 233 g/mol. The van der Waals surface area contributed by atoms with Crippen LogP contribution in [-0.4, -0.2) is 24.6 Å². The second-order valence-corrected chi connectivity index (χ2v) is 4.72. The summed E-state index contributed by atoms with van der Waals surface area (Å²) < 4.78 is 13.7. The standard InChI is InChI=1S/C13H20FN3O/c1-9(2)7-8-17(3)11-6-4-5-10(14)12(11)13(15)16-18/h4-6,9,18H,7-8H2,1-3H3,(H2,15,16). The van der Waals surface area contributed by atoms with E-state index in [1.54, 1.807) is 12.1 Å². The zero-order valence-corrected chi connectivity index (χ0v) is 11.0. The quantitative estimate of drug-likeness (QED) is 0.366. The predicted molar refractivity (Wildman–Crippen MR) is 71.6 cm³/mol. The van der Waals surface area contributed by atoms with Gasteiger partial charge in [0.15, 0.2) is 5.84 Å². The summed E-state index contributed by atoms with van der Waals surface area (Å²) in [5.41, 5.74) is 6.30. The lowest BCUT2D eigenvalue weighted by atomic mass is 10.1. The Hall–Kier alpha value is -1.78. The van der Waals surface area contributed by atoms with E-state index in [1.165, 1.54) is 6.07 Å². The molecule has 0 fully saturated rings. The number of benzene rings is 1. The smallest absolute Gasteiger partial charge is 0.175 e. The molecule has 4 nitrogen and oxygen atoms in total. The second-order valence-electron chi connectivity index (χ2n) is 4.72. The van der Waals surface area contributed by atoms with Gasteiger partial charge in [-0.2, -0.15) is 0 Å². The van der Waals surface area contributed by atoms with Crippen molar-refractivity contribution >= 4 is 11.5 Å². The van der Waals surface area contributed by atoms with Crippen LogP contribution < -0.4 is 10.6 Å². The molecule has 0 amide bonds. The lowest BCUT2D eigenvalue weighted by molar-refractivity contribution is 0.318. The normalized spacial score (nSPS) is 11.9. The zero-order valence-electron chi connectivity index (χ0n) is 11.0. The molecule has 3 N–H and O–H groups in total. The lowest BCUT2D eigenvalue weighted by Crippen LogP contribution is -2.25. The third-order valence-corrected chi connectivity index (χ3v) is 2.81. The molecule has 0 heterocycles. The topological polar surface area (TPSA) is 61.8 Å². The van der Waals surface area contributed by atoms with Crippen LogP contribution in [0.25, 0.3) is 0 Å². The minimum absolute atomic E-state index is 0.145. The van der Waals surface area contributed by atoms with Crippen LogP contribution in [-0.2, 0) is 0 Å². The summed E-state index contributed by atoms with van der Waals surface area (Å²) in [5.74, 6) is -0.132. The number of hydrogen-bond donors (Lipinski definition) is 2. The first kappa shape index (κ1) is 14.3. The van der Waals surface area contributed by atoms with Crippen LogP contribution in [0, 0.1) is 11.7 Å². The summed E-state index contributed by atoms with van der Waals surface area (Å²) in [6.45, 7) is 5.04. The fraction of sp³-hybridized carbons (Fsp3) is 0.462. The fourth-order valence-electron chi connectivity index (χ4n) is 1.71. The average molecular weight is 253 g/mol. The number of hydrogen-bond acceptors (Lipinski definition) is 3. The van der Waals surface area contributed by atoms with E-state index in [4.69, 9.17) is 10.9 Å². The Morgan fingerprint density at radius 2 is 2.17 bits per heavy atom. The fourth-order valence-corrected chi connectivity index (χ4v) is 1.71. The Morgan fingerprint density at radius 1 is 1.50 bits per heavy atom. The molecule has 0 atom stereocenters. The van der Waals surface area contributed by atoms with Gasteiger partial charge in [-0.05, 0) is 24.5 Å². The highest BCUT2D eigenvalue weighted by Gasteiger charge is 2.15. The number of amidine groups is 1. The highest BCUT2D eigenvalue weighted by Crippen LogP contribution is 2.22. The summed E-state index contributed by atoms with van der Waals surface area (Å²) in [6.07, 6.45) is 0.989. The molecule has 1 aromatic rings. The van der Waals surface area contributed by atoms with E-state index in [0.717, 1.165) is 13.0 Å². The van der Waals surface area contributed by atoms with Gasteiger partial charge < -0.3 is 15.8 Å². The molecule has 0 radical (unpaired) electrons. The van der Waals surface area contributed by atoms with Gasteiger partial charge in [-0.3, -0.25) is 0 Å². The SMILES string of the molecule is CC(C)CCN(C)c1cccc(F)c1C(N)=NO. The van der Waals surface area contributed by atoms with Gasteiger partial charge in [0.2, 0.25) is 0 Å². The maximum absolute atomic E-state index is 13.7. The highest BCUT2D eigenvalue weighted by atomic mass is 19.1. The Bertz CT molecular complexity index is 432. The van der Waals surface area contributed by atoms with Gasteiger partial charge in [-0.1, -0.05) is 25.1 Å². The van der Waals surface area contributed by atoms with Crippen molar-refractivity contribution in [3.05, 3.63) is 29.6 Å². The Morgan fingerprint density at radius 3 is 2.72 bits per heavy atom. The molecule has 0 saturated carbocycles. The Kier molecular flexibility index (Phi) is 4.95. The summed E-state index contributed by atoms with van der Waals surface area (Å²) in [4.78, 5) is 1.91. The summed E-state index contributed by atoms with van der Waals surface area (Å²) in [6, 6.07) is 4.68. The maximum atomic E-state index is 13.7. The number of rotatable bonds is 5. The Balaban J connectivity index is 3.04. The van der Waals surface area contributed by atoms with E-state index in [-0.39, 0.29) is 11.4 Å². The van der Waals surface area contributed by atoms with Crippen LogP contribution in [0.15, 0.2) is 23.4 Å². The van der Waals surface area contributed by atoms with Crippen molar-refractivity contribution in [3.8, 4) is 0 Å². The largest absolute Gasteiger partial charge is 0.409 e. The van der Waals surface area contributed by atoms with E-state index in [2.05, 4.69) is 19.0 Å². The van der Waals surface area contributed by atoms with Crippen molar-refractivity contribution in [3.63, 3.8) is 0 Å². The van der Waals surface area contributed by atoms with Gasteiger partial charge in [0.1, 0.15) is 5.82 Å². The van der Waals surface area contributed by atoms with Gasteiger partial charge >= 0.3 is 0 Å². The molecule has 0 spiro atoms. The van der Waals surface area contributed by atoms with Crippen LogP contribution in [0.3, 0.4) is 0 Å². The van der Waals surface area contributed by atoms with Gasteiger partial charge in [-0.25, -0.2) is 4.39 Å². The molecule has 5 heteroatoms. The predicted octanol–water partition coefficient (Wildman–Crippen LogP) is 2.40. The molecule has 0 unspecified atom stereocenters. The van der Waals surface area contributed by atoms with Crippen LogP contribution in [0.4, 0.5) is 10.1 Å². The Labute approximate surface area is 107 Å². The van der Waals surface area contributed by atoms with Crippen molar-refractivity contribution in [2.45, 2.75) is 20.3 Å². The molecule has 1 rings (SSSR count). The molecule has 0 bridgehead atoms. The average Bonchev–Trinajstić information content (AvgIpc) is 2.34. The van der Waals surface area contributed by atoms with E-state index in [0.29, 0.717) is 11.6 Å². The number of oxime groups is 1. The van der Waals surface area contributed by atoms with E-state index in [9.17, 15) is 4.39 Å². The van der Waals surface area contributed by atoms with Crippen LogP contribution in [0.1, 0.15) is 25.8 Å². The molecular formula is C13H20FN3O. The number of nitrogens with two attached hydrogens (primary N) is 1. The van der Waals surface area contributed by atoms with Crippen LogP contribution >= 0.6 is 0 Å². The van der Waals surface area contributed by atoms with E-state index < -0.39 is 5.82 Å². The molecule has 18 heavy (non-hydrogen) atoms. The molecule has 0 aromatic heterocycles. The number of nitrogens with zero attached hydrogens (tertiary/aromatic N) is 2. The maximum Gasteiger partial charge on any atom is 0.175 e. The molecule has 0 aliphatic rings. The second kappa shape index (κ2) is 6.23. The number of anilines is 1. The van der Waals surface area contributed by atoms with Crippen LogP contribution in [0.5, 0.6) is 0 Å². The molecule has 100 valence electrons. The first-order chi connectivity index (χ1) is 8.47. The zero-order chi connectivity index (χ0) is 13.7. The van der Waals surface area contributed by atoms with Crippen molar-refractivity contribution in [1.82, 2.24) is 0 Å². The summed E-state index contributed by atoms with van der Waals surface area (Å²) in [7, 11) is 1.87. The monoisotopic (exact) mass is 253 g/mol. The van der Waals surface area contributed by atoms with Crippen molar-refractivity contribution in [1.29, 1.82) is 0 Å². The van der Waals surface area contributed by atoms with E-state index >= 15 is 0 Å². The molecule has 0 aliphatic carbocycles. The van der Waals surface area contributed by atoms with Gasteiger partial charge in [0.05, 0.1) is 11.3 Å². The molecule has 0 saturated heterocycles. The van der Waals surface area contributed by atoms with Crippen LogP contribution in [0.2, 0.25) is 0 Å².